The van der Waals surface area contributed by atoms with Gasteiger partial charge in [-0.15, -0.1) is 12.4 Å². The van der Waals surface area contributed by atoms with Crippen molar-refractivity contribution in [1.29, 1.82) is 0 Å². The topological polar surface area (TPSA) is 55.1 Å². The molecule has 1 aromatic carbocycles. The van der Waals surface area contributed by atoms with Gasteiger partial charge in [0.15, 0.2) is 0 Å². The van der Waals surface area contributed by atoms with Crippen molar-refractivity contribution < 1.29 is 4.79 Å². The zero-order valence-electron chi connectivity index (χ0n) is 13.2. The van der Waals surface area contributed by atoms with Gasteiger partial charge in [0.2, 0.25) is 5.91 Å². The van der Waals surface area contributed by atoms with Gasteiger partial charge in [0.05, 0.1) is 5.41 Å². The van der Waals surface area contributed by atoms with Crippen molar-refractivity contribution in [2.75, 3.05) is 11.9 Å². The van der Waals surface area contributed by atoms with Crippen molar-refractivity contribution in [3.05, 3.63) is 29.8 Å². The Morgan fingerprint density at radius 3 is 2.33 bits per heavy atom. The molecule has 4 heteroatoms. The average Bonchev–Trinajstić information content (AvgIpc) is 2.88. The van der Waals surface area contributed by atoms with E-state index in [9.17, 15) is 4.79 Å². The SMILES string of the molecule is CC(C)(C)c1ccccc1NC(=O)C1(CN)CCCC1.Cl. The van der Waals surface area contributed by atoms with Crippen molar-refractivity contribution in [2.45, 2.75) is 51.9 Å². The summed E-state index contributed by atoms with van der Waals surface area (Å²) in [6.07, 6.45) is 4.02. The molecular weight excluding hydrogens is 284 g/mol. The molecule has 3 N–H and O–H groups in total. The molecule has 0 bridgehead atoms. The minimum absolute atomic E-state index is 0. The number of carbonyl (C=O) groups excluding carboxylic acids is 1. The first-order chi connectivity index (χ1) is 9.39. The van der Waals surface area contributed by atoms with E-state index in [1.54, 1.807) is 0 Å². The molecule has 0 saturated heterocycles. The summed E-state index contributed by atoms with van der Waals surface area (Å²) in [7, 11) is 0. The number of hydrogen-bond acceptors (Lipinski definition) is 2. The third kappa shape index (κ3) is 3.78. The predicted octanol–water partition coefficient (Wildman–Crippen LogP) is 3.86. The Kier molecular flexibility index (Phi) is 5.83. The quantitative estimate of drug-likeness (QED) is 0.890. The number of hydrogen-bond donors (Lipinski definition) is 2. The van der Waals surface area contributed by atoms with E-state index in [0.29, 0.717) is 6.54 Å². The van der Waals surface area contributed by atoms with Crippen LogP contribution in [-0.4, -0.2) is 12.5 Å². The Hall–Kier alpha value is -1.06. The standard InChI is InChI=1S/C17H26N2O.ClH/c1-16(2,3)13-8-4-5-9-14(13)19-15(20)17(12-18)10-6-7-11-17;/h4-5,8-9H,6-7,10-12,18H2,1-3H3,(H,19,20);1H. The molecule has 0 aliphatic heterocycles. The third-order valence-corrected chi connectivity index (χ3v) is 4.42. The number of carbonyl (C=O) groups is 1. The average molecular weight is 311 g/mol. The maximum Gasteiger partial charge on any atom is 0.231 e. The summed E-state index contributed by atoms with van der Waals surface area (Å²) in [5.74, 6) is 0.0919. The fourth-order valence-corrected chi connectivity index (χ4v) is 3.08. The number of para-hydroxylation sites is 1. The Morgan fingerprint density at radius 2 is 1.81 bits per heavy atom. The Balaban J connectivity index is 0.00000220. The first kappa shape index (κ1) is 18.0. The molecule has 3 nitrogen and oxygen atoms in total. The summed E-state index contributed by atoms with van der Waals surface area (Å²) in [5, 5.41) is 3.13. The fraction of sp³-hybridized carbons (Fsp3) is 0.588. The van der Waals surface area contributed by atoms with E-state index in [-0.39, 0.29) is 29.1 Å². The summed E-state index contributed by atoms with van der Waals surface area (Å²) < 4.78 is 0. The molecule has 2 rings (SSSR count). The van der Waals surface area contributed by atoms with Gasteiger partial charge in [0.1, 0.15) is 0 Å². The van der Waals surface area contributed by atoms with E-state index in [1.807, 2.05) is 18.2 Å². The van der Waals surface area contributed by atoms with Crippen molar-refractivity contribution in [3.63, 3.8) is 0 Å². The summed E-state index contributed by atoms with van der Waals surface area (Å²) in [6, 6.07) is 8.05. The van der Waals surface area contributed by atoms with Gasteiger partial charge in [0, 0.05) is 12.2 Å². The van der Waals surface area contributed by atoms with Crippen LogP contribution in [0.4, 0.5) is 5.69 Å². The second kappa shape index (κ2) is 6.80. The smallest absolute Gasteiger partial charge is 0.231 e. The summed E-state index contributed by atoms with van der Waals surface area (Å²) >= 11 is 0. The third-order valence-electron chi connectivity index (χ3n) is 4.42. The molecule has 0 unspecified atom stereocenters. The van der Waals surface area contributed by atoms with Crippen LogP contribution >= 0.6 is 12.4 Å². The van der Waals surface area contributed by atoms with Gasteiger partial charge in [0.25, 0.3) is 0 Å². The minimum Gasteiger partial charge on any atom is -0.329 e. The Bertz CT molecular complexity index is 488. The van der Waals surface area contributed by atoms with Crippen molar-refractivity contribution >= 4 is 24.0 Å². The normalized spacial score (nSPS) is 17.1. The van der Waals surface area contributed by atoms with Crippen LogP contribution in [0, 0.1) is 5.41 Å². The number of halogens is 1. The van der Waals surface area contributed by atoms with E-state index < -0.39 is 0 Å². The van der Waals surface area contributed by atoms with E-state index in [0.717, 1.165) is 31.4 Å². The lowest BCUT2D eigenvalue weighted by Crippen LogP contribution is -2.40. The highest BCUT2D eigenvalue weighted by Crippen LogP contribution is 2.39. The second-order valence-corrected chi connectivity index (χ2v) is 6.94. The van der Waals surface area contributed by atoms with Crippen LogP contribution in [0.3, 0.4) is 0 Å². The van der Waals surface area contributed by atoms with Gasteiger partial charge in [-0.2, -0.15) is 0 Å². The molecule has 0 heterocycles. The lowest BCUT2D eigenvalue weighted by Gasteiger charge is -2.28. The number of nitrogens with two attached hydrogens (primary N) is 1. The van der Waals surface area contributed by atoms with Gasteiger partial charge in [-0.25, -0.2) is 0 Å². The molecule has 0 aromatic heterocycles. The summed E-state index contributed by atoms with van der Waals surface area (Å²) in [6.45, 7) is 6.92. The first-order valence-corrected chi connectivity index (χ1v) is 7.50. The Morgan fingerprint density at radius 1 is 1.24 bits per heavy atom. The number of anilines is 1. The van der Waals surface area contributed by atoms with E-state index >= 15 is 0 Å². The largest absolute Gasteiger partial charge is 0.329 e. The van der Waals surface area contributed by atoms with Gasteiger partial charge in [-0.1, -0.05) is 51.8 Å². The van der Waals surface area contributed by atoms with Crippen LogP contribution in [0.25, 0.3) is 0 Å². The molecule has 0 atom stereocenters. The predicted molar refractivity (Wildman–Crippen MR) is 91.0 cm³/mol. The van der Waals surface area contributed by atoms with Crippen LogP contribution < -0.4 is 11.1 Å². The monoisotopic (exact) mass is 310 g/mol. The zero-order chi connectivity index (χ0) is 14.8. The highest BCUT2D eigenvalue weighted by molar-refractivity contribution is 5.96. The summed E-state index contributed by atoms with van der Waals surface area (Å²) in [4.78, 5) is 12.7. The highest BCUT2D eigenvalue weighted by Gasteiger charge is 2.40. The molecule has 0 spiro atoms. The molecule has 1 fully saturated rings. The zero-order valence-corrected chi connectivity index (χ0v) is 14.1. The van der Waals surface area contributed by atoms with Crippen molar-refractivity contribution in [2.24, 2.45) is 11.1 Å². The van der Waals surface area contributed by atoms with Gasteiger partial charge in [-0.05, 0) is 29.9 Å². The molecule has 1 aliphatic carbocycles. The maximum atomic E-state index is 12.7. The van der Waals surface area contributed by atoms with Crippen molar-refractivity contribution in [3.8, 4) is 0 Å². The molecule has 1 amide bonds. The number of benzene rings is 1. The fourth-order valence-electron chi connectivity index (χ4n) is 3.08. The van der Waals surface area contributed by atoms with Crippen LogP contribution in [0.15, 0.2) is 24.3 Å². The second-order valence-electron chi connectivity index (χ2n) is 6.94. The Labute approximate surface area is 134 Å². The molecule has 1 aliphatic rings. The lowest BCUT2D eigenvalue weighted by molar-refractivity contribution is -0.124. The van der Waals surface area contributed by atoms with E-state index in [1.165, 1.54) is 5.56 Å². The molecule has 118 valence electrons. The molecule has 1 aromatic rings. The molecule has 0 radical (unpaired) electrons. The van der Waals surface area contributed by atoms with Crippen LogP contribution in [0.1, 0.15) is 52.0 Å². The van der Waals surface area contributed by atoms with Gasteiger partial charge < -0.3 is 11.1 Å². The van der Waals surface area contributed by atoms with Crippen molar-refractivity contribution in [1.82, 2.24) is 0 Å². The first-order valence-electron chi connectivity index (χ1n) is 7.50. The highest BCUT2D eigenvalue weighted by atomic mass is 35.5. The molecule has 1 saturated carbocycles. The van der Waals surface area contributed by atoms with Crippen LogP contribution in [0.5, 0.6) is 0 Å². The van der Waals surface area contributed by atoms with E-state index in [2.05, 4.69) is 32.2 Å². The number of nitrogens with one attached hydrogen (secondary N) is 1. The van der Waals surface area contributed by atoms with Gasteiger partial charge >= 0.3 is 0 Å². The van der Waals surface area contributed by atoms with Crippen LogP contribution in [0.2, 0.25) is 0 Å². The maximum absolute atomic E-state index is 12.7. The molecular formula is C17H27ClN2O. The minimum atomic E-state index is -0.356. The number of rotatable bonds is 3. The van der Waals surface area contributed by atoms with Crippen LogP contribution in [-0.2, 0) is 10.2 Å². The summed E-state index contributed by atoms with van der Waals surface area (Å²) in [5.41, 5.74) is 7.63. The molecule has 21 heavy (non-hydrogen) atoms. The van der Waals surface area contributed by atoms with E-state index in [4.69, 9.17) is 5.73 Å². The lowest BCUT2D eigenvalue weighted by atomic mass is 9.83. The number of amides is 1. The van der Waals surface area contributed by atoms with Gasteiger partial charge in [-0.3, -0.25) is 4.79 Å².